The van der Waals surface area contributed by atoms with E-state index in [-0.39, 0.29) is 22.8 Å². The third-order valence-corrected chi connectivity index (χ3v) is 7.70. The summed E-state index contributed by atoms with van der Waals surface area (Å²) in [7, 11) is 0. The molecule has 1 aliphatic heterocycles. The number of halogens is 2. The van der Waals surface area contributed by atoms with Crippen LogP contribution in [0.4, 0.5) is 5.69 Å². The van der Waals surface area contributed by atoms with Gasteiger partial charge >= 0.3 is 0 Å². The lowest BCUT2D eigenvalue weighted by Gasteiger charge is -2.45. The molecule has 5 rings (SSSR count). The number of anilines is 1. The van der Waals surface area contributed by atoms with Crippen LogP contribution < -0.4 is 4.90 Å². The summed E-state index contributed by atoms with van der Waals surface area (Å²) in [6, 6.07) is 24.2. The summed E-state index contributed by atoms with van der Waals surface area (Å²) < 4.78 is 0.917. The van der Waals surface area contributed by atoms with E-state index in [0.717, 1.165) is 15.9 Å². The molecule has 1 atom stereocenters. The fourth-order valence-electron chi connectivity index (χ4n) is 5.26. The molecule has 0 saturated heterocycles. The van der Waals surface area contributed by atoms with Crippen LogP contribution in [0.1, 0.15) is 43.7 Å². The first-order chi connectivity index (χ1) is 17.2. The Bertz CT molecular complexity index is 1420. The van der Waals surface area contributed by atoms with Gasteiger partial charge in [0, 0.05) is 49.9 Å². The molecule has 0 aromatic heterocycles. The zero-order valence-electron chi connectivity index (χ0n) is 20.1. The summed E-state index contributed by atoms with van der Waals surface area (Å²) in [5, 5.41) is 21.6. The van der Waals surface area contributed by atoms with E-state index in [4.69, 9.17) is 11.6 Å². The van der Waals surface area contributed by atoms with Crippen LogP contribution in [-0.4, -0.2) is 16.7 Å². The Morgan fingerprint density at radius 1 is 1.00 bits per heavy atom. The number of ketones is 1. The number of hydrogen-bond donors (Lipinski definition) is 2. The largest absolute Gasteiger partial charge is 0.507 e. The molecule has 0 fully saturated rings. The summed E-state index contributed by atoms with van der Waals surface area (Å²) in [4.78, 5) is 15.7. The van der Waals surface area contributed by atoms with Crippen molar-refractivity contribution in [2.24, 2.45) is 5.41 Å². The Balaban J connectivity index is 1.87. The second kappa shape index (κ2) is 9.38. The van der Waals surface area contributed by atoms with Crippen LogP contribution in [0.2, 0.25) is 5.02 Å². The van der Waals surface area contributed by atoms with Crippen molar-refractivity contribution in [1.82, 2.24) is 0 Å². The number of rotatable bonds is 3. The summed E-state index contributed by atoms with van der Waals surface area (Å²) >= 11 is 10.2. The highest BCUT2D eigenvalue weighted by Crippen LogP contribution is 2.52. The van der Waals surface area contributed by atoms with Gasteiger partial charge in [-0.25, -0.2) is 0 Å². The minimum Gasteiger partial charge on any atom is -0.507 e. The van der Waals surface area contributed by atoms with E-state index in [2.05, 4.69) is 29.8 Å². The minimum atomic E-state index is -0.656. The van der Waals surface area contributed by atoms with Crippen molar-refractivity contribution in [3.05, 3.63) is 116 Å². The Morgan fingerprint density at radius 3 is 2.31 bits per heavy atom. The first-order valence-electron chi connectivity index (χ1n) is 11.8. The molecule has 1 aliphatic carbocycles. The van der Waals surface area contributed by atoms with Crippen LogP contribution in [0, 0.1) is 10.8 Å². The van der Waals surface area contributed by atoms with Crippen LogP contribution in [0.25, 0.3) is 5.76 Å². The summed E-state index contributed by atoms with van der Waals surface area (Å²) in [5.74, 6) is -0.541. The summed E-state index contributed by atoms with van der Waals surface area (Å²) in [6.45, 7) is 4.16. The molecule has 0 spiro atoms. The molecule has 2 N–H and O–H groups in total. The van der Waals surface area contributed by atoms with Gasteiger partial charge in [0.05, 0.1) is 0 Å². The SMILES string of the molecule is CC1(C)CC(=O)C2=C(C1)N(c1ccc(Br)cc1)C(=N)/C(=C(/O)c1ccccc1)C2c1ccccc1Cl. The molecule has 0 saturated carbocycles. The van der Waals surface area contributed by atoms with E-state index in [9.17, 15) is 15.3 Å². The Morgan fingerprint density at radius 2 is 1.64 bits per heavy atom. The fourth-order valence-corrected chi connectivity index (χ4v) is 5.77. The molecule has 182 valence electrons. The molecule has 3 aromatic carbocycles. The highest BCUT2D eigenvalue weighted by molar-refractivity contribution is 9.10. The Kier molecular flexibility index (Phi) is 6.39. The zero-order valence-corrected chi connectivity index (χ0v) is 22.4. The lowest BCUT2D eigenvalue weighted by atomic mass is 9.67. The van der Waals surface area contributed by atoms with Gasteiger partial charge < -0.3 is 5.11 Å². The number of nitrogens with zero attached hydrogens (tertiary/aromatic N) is 1. The van der Waals surface area contributed by atoms with E-state index in [1.54, 1.807) is 18.2 Å². The van der Waals surface area contributed by atoms with Crippen molar-refractivity contribution in [2.45, 2.75) is 32.6 Å². The second-order valence-corrected chi connectivity index (χ2v) is 11.4. The van der Waals surface area contributed by atoms with Crippen LogP contribution >= 0.6 is 27.5 Å². The minimum absolute atomic E-state index is 0.0131. The molecular weight excluding hydrogens is 536 g/mol. The lowest BCUT2D eigenvalue weighted by Crippen LogP contribution is -2.45. The van der Waals surface area contributed by atoms with Crippen LogP contribution in [0.5, 0.6) is 0 Å². The van der Waals surface area contributed by atoms with Crippen molar-refractivity contribution in [3.63, 3.8) is 0 Å². The number of carbonyl (C=O) groups is 1. The van der Waals surface area contributed by atoms with Crippen molar-refractivity contribution >= 4 is 50.6 Å². The molecular formula is C30H26BrClN2O2. The van der Waals surface area contributed by atoms with E-state index in [1.807, 2.05) is 65.6 Å². The smallest absolute Gasteiger partial charge is 0.162 e. The van der Waals surface area contributed by atoms with Gasteiger partial charge in [0.15, 0.2) is 5.78 Å². The molecule has 4 nitrogen and oxygen atoms in total. The van der Waals surface area contributed by atoms with Crippen molar-refractivity contribution in [2.75, 3.05) is 4.90 Å². The number of hydrogen-bond acceptors (Lipinski definition) is 3. The summed E-state index contributed by atoms with van der Waals surface area (Å²) in [5.41, 5.74) is 3.53. The molecule has 0 amide bonds. The number of Topliss-reactive ketones (excluding diaryl/α,β-unsaturated/α-hetero) is 1. The fraction of sp³-hybridized carbons (Fsp3) is 0.200. The maximum Gasteiger partial charge on any atom is 0.162 e. The predicted molar refractivity (Wildman–Crippen MR) is 150 cm³/mol. The van der Waals surface area contributed by atoms with Crippen LogP contribution in [-0.2, 0) is 4.79 Å². The molecule has 3 aromatic rings. The van der Waals surface area contributed by atoms with Gasteiger partial charge in [0.1, 0.15) is 11.6 Å². The van der Waals surface area contributed by atoms with E-state index >= 15 is 0 Å². The molecule has 1 unspecified atom stereocenters. The Hall–Kier alpha value is -3.15. The maximum atomic E-state index is 13.9. The number of nitrogens with one attached hydrogen (secondary N) is 1. The first-order valence-corrected chi connectivity index (χ1v) is 13.0. The molecule has 2 aliphatic rings. The quantitative estimate of drug-likeness (QED) is 0.316. The first kappa shape index (κ1) is 24.5. The number of benzene rings is 3. The van der Waals surface area contributed by atoms with Crippen molar-refractivity contribution in [3.8, 4) is 0 Å². The lowest BCUT2D eigenvalue weighted by molar-refractivity contribution is -0.118. The molecule has 0 radical (unpaired) electrons. The predicted octanol–water partition coefficient (Wildman–Crippen LogP) is 8.30. The molecule has 36 heavy (non-hydrogen) atoms. The van der Waals surface area contributed by atoms with Gasteiger partial charge in [-0.3, -0.25) is 15.1 Å². The van der Waals surface area contributed by atoms with Gasteiger partial charge in [0.2, 0.25) is 0 Å². The third-order valence-electron chi connectivity index (χ3n) is 6.83. The van der Waals surface area contributed by atoms with Gasteiger partial charge in [0.25, 0.3) is 0 Å². The van der Waals surface area contributed by atoms with Crippen molar-refractivity contribution < 1.29 is 9.90 Å². The normalized spacial score (nSPS) is 20.9. The van der Waals surface area contributed by atoms with E-state index < -0.39 is 5.92 Å². The highest BCUT2D eigenvalue weighted by atomic mass is 79.9. The van der Waals surface area contributed by atoms with Gasteiger partial charge in [-0.05, 0) is 47.7 Å². The van der Waals surface area contributed by atoms with Crippen molar-refractivity contribution in [1.29, 1.82) is 5.41 Å². The molecule has 6 heteroatoms. The number of aliphatic hydroxyl groups is 1. The zero-order chi connectivity index (χ0) is 25.6. The van der Waals surface area contributed by atoms with E-state index in [0.29, 0.717) is 40.1 Å². The third kappa shape index (κ3) is 4.31. The molecule has 0 bridgehead atoms. The van der Waals surface area contributed by atoms with Crippen LogP contribution in [0.3, 0.4) is 0 Å². The summed E-state index contributed by atoms with van der Waals surface area (Å²) in [6.07, 6.45) is 1.00. The average Bonchev–Trinajstić information content (AvgIpc) is 2.84. The van der Waals surface area contributed by atoms with Gasteiger partial charge in [-0.1, -0.05) is 89.9 Å². The average molecular weight is 562 g/mol. The number of allylic oxidation sites excluding steroid dienone is 2. The monoisotopic (exact) mass is 560 g/mol. The van der Waals surface area contributed by atoms with E-state index in [1.165, 1.54) is 0 Å². The Labute approximate surface area is 224 Å². The molecule has 1 heterocycles. The topological polar surface area (TPSA) is 64.4 Å². The van der Waals surface area contributed by atoms with Gasteiger partial charge in [-0.15, -0.1) is 0 Å². The number of carbonyl (C=O) groups excluding carboxylic acids is 1. The van der Waals surface area contributed by atoms with Crippen LogP contribution in [0.15, 0.2) is 100 Å². The highest BCUT2D eigenvalue weighted by Gasteiger charge is 2.47. The maximum absolute atomic E-state index is 13.9. The number of aliphatic hydroxyl groups excluding tert-OH is 1. The standard InChI is InChI=1S/C30H26BrClN2O2/c1-30(2)16-23-26(24(35)17-30)25(21-10-6-7-11-22(21)32)27(28(36)18-8-4-3-5-9-18)29(33)34(23)20-14-12-19(31)13-15-20/h3-15,25,33,36H,16-17H2,1-2H3/b28-27+,33-29?. The number of amidine groups is 1. The van der Waals surface area contributed by atoms with Gasteiger partial charge in [-0.2, -0.15) is 0 Å². The second-order valence-electron chi connectivity index (χ2n) is 10.0.